The Bertz CT molecular complexity index is 368. The van der Waals surface area contributed by atoms with Gasteiger partial charge in [0.1, 0.15) is 0 Å². The highest BCUT2D eigenvalue weighted by Crippen LogP contribution is 2.08. The fourth-order valence-corrected chi connectivity index (χ4v) is 1.96. The van der Waals surface area contributed by atoms with Crippen LogP contribution in [0.25, 0.3) is 0 Å². The van der Waals surface area contributed by atoms with Crippen molar-refractivity contribution >= 4 is 5.91 Å². The van der Waals surface area contributed by atoms with E-state index in [1.54, 1.807) is 7.11 Å². The van der Waals surface area contributed by atoms with Gasteiger partial charge >= 0.3 is 0 Å². The Morgan fingerprint density at radius 1 is 1.37 bits per heavy atom. The van der Waals surface area contributed by atoms with E-state index in [-0.39, 0.29) is 17.9 Å². The van der Waals surface area contributed by atoms with Crippen LogP contribution in [-0.4, -0.2) is 32.2 Å². The third-order valence-corrected chi connectivity index (χ3v) is 3.19. The van der Waals surface area contributed by atoms with Gasteiger partial charge in [-0.1, -0.05) is 37.3 Å². The van der Waals surface area contributed by atoms with Gasteiger partial charge in [-0.25, -0.2) is 0 Å². The van der Waals surface area contributed by atoms with Crippen molar-refractivity contribution in [2.45, 2.75) is 25.8 Å². The first-order chi connectivity index (χ1) is 9.21. The Labute approximate surface area is 115 Å². The lowest BCUT2D eigenvalue weighted by Crippen LogP contribution is -2.43. The molecule has 19 heavy (non-hydrogen) atoms. The number of benzene rings is 1. The summed E-state index contributed by atoms with van der Waals surface area (Å²) in [4.78, 5) is 12.2. The third-order valence-electron chi connectivity index (χ3n) is 3.19. The molecule has 2 atom stereocenters. The molecule has 0 radical (unpaired) electrons. The average molecular weight is 264 g/mol. The molecule has 4 nitrogen and oxygen atoms in total. The molecule has 0 aromatic heterocycles. The van der Waals surface area contributed by atoms with Crippen molar-refractivity contribution < 1.29 is 9.53 Å². The zero-order valence-corrected chi connectivity index (χ0v) is 11.8. The molecule has 0 bridgehead atoms. The number of methoxy groups -OCH3 is 1. The minimum absolute atomic E-state index is 0.00949. The van der Waals surface area contributed by atoms with Gasteiger partial charge in [0.2, 0.25) is 5.91 Å². The van der Waals surface area contributed by atoms with E-state index in [9.17, 15) is 4.79 Å². The van der Waals surface area contributed by atoms with Gasteiger partial charge in [-0.15, -0.1) is 0 Å². The summed E-state index contributed by atoms with van der Waals surface area (Å²) in [5, 5.41) is 2.99. The molecule has 106 valence electrons. The lowest BCUT2D eigenvalue weighted by molar-refractivity contribution is -0.125. The van der Waals surface area contributed by atoms with E-state index in [2.05, 4.69) is 5.32 Å². The topological polar surface area (TPSA) is 64.3 Å². The van der Waals surface area contributed by atoms with Crippen molar-refractivity contribution in [1.82, 2.24) is 5.32 Å². The molecule has 1 rings (SSSR count). The fourth-order valence-electron chi connectivity index (χ4n) is 1.96. The van der Waals surface area contributed by atoms with E-state index in [1.807, 2.05) is 37.3 Å². The molecule has 1 amide bonds. The first-order valence-electron chi connectivity index (χ1n) is 6.74. The number of ether oxygens (including phenoxy) is 1. The van der Waals surface area contributed by atoms with Crippen LogP contribution >= 0.6 is 0 Å². The van der Waals surface area contributed by atoms with Crippen LogP contribution in [0.1, 0.15) is 18.9 Å². The van der Waals surface area contributed by atoms with Gasteiger partial charge in [-0.05, 0) is 18.4 Å². The first-order valence-corrected chi connectivity index (χ1v) is 6.74. The van der Waals surface area contributed by atoms with Crippen LogP contribution < -0.4 is 11.1 Å². The zero-order valence-electron chi connectivity index (χ0n) is 11.8. The standard InChI is InChI=1S/C15H24N2O2/c1-3-14(11-19-2)17-15(18)13(10-16)9-12-7-5-4-6-8-12/h4-8,13-14H,3,9-11,16H2,1-2H3,(H,17,18). The summed E-state index contributed by atoms with van der Waals surface area (Å²) in [5.74, 6) is -0.177. The maximum atomic E-state index is 12.2. The third kappa shape index (κ3) is 5.41. The van der Waals surface area contributed by atoms with Crippen LogP contribution in [0.3, 0.4) is 0 Å². The quantitative estimate of drug-likeness (QED) is 0.745. The predicted octanol–water partition coefficient (Wildman–Crippen LogP) is 1.35. The molecule has 1 aromatic carbocycles. The molecular formula is C15H24N2O2. The highest BCUT2D eigenvalue weighted by Gasteiger charge is 2.19. The van der Waals surface area contributed by atoms with Crippen molar-refractivity contribution in [2.75, 3.05) is 20.3 Å². The normalized spacial score (nSPS) is 13.8. The summed E-state index contributed by atoms with van der Waals surface area (Å²) < 4.78 is 5.08. The van der Waals surface area contributed by atoms with Crippen molar-refractivity contribution in [3.8, 4) is 0 Å². The number of nitrogens with one attached hydrogen (secondary N) is 1. The van der Waals surface area contributed by atoms with E-state index in [1.165, 1.54) is 0 Å². The second-order valence-electron chi connectivity index (χ2n) is 4.69. The summed E-state index contributed by atoms with van der Waals surface area (Å²) in [6.07, 6.45) is 1.52. The maximum Gasteiger partial charge on any atom is 0.225 e. The van der Waals surface area contributed by atoms with Crippen LogP contribution in [0, 0.1) is 5.92 Å². The molecule has 0 aliphatic carbocycles. The van der Waals surface area contributed by atoms with Crippen molar-refractivity contribution in [3.05, 3.63) is 35.9 Å². The van der Waals surface area contributed by atoms with E-state index in [0.717, 1.165) is 12.0 Å². The van der Waals surface area contributed by atoms with E-state index in [4.69, 9.17) is 10.5 Å². The summed E-state index contributed by atoms with van der Waals surface area (Å²) in [7, 11) is 1.64. The number of amides is 1. The average Bonchev–Trinajstić information content (AvgIpc) is 2.45. The second kappa shape index (κ2) is 8.67. The van der Waals surface area contributed by atoms with Crippen LogP contribution in [0.5, 0.6) is 0 Å². The molecular weight excluding hydrogens is 240 g/mol. The Morgan fingerprint density at radius 3 is 2.58 bits per heavy atom. The summed E-state index contributed by atoms with van der Waals surface area (Å²) in [5.41, 5.74) is 6.85. The van der Waals surface area contributed by atoms with Gasteiger partial charge < -0.3 is 15.8 Å². The number of hydrogen-bond acceptors (Lipinski definition) is 3. The van der Waals surface area contributed by atoms with Gasteiger partial charge in [-0.2, -0.15) is 0 Å². The molecule has 4 heteroatoms. The molecule has 2 unspecified atom stereocenters. The van der Waals surface area contributed by atoms with E-state index < -0.39 is 0 Å². The summed E-state index contributed by atoms with van der Waals surface area (Å²) in [6, 6.07) is 10.0. The molecule has 0 heterocycles. The molecule has 0 fully saturated rings. The highest BCUT2D eigenvalue weighted by molar-refractivity contribution is 5.79. The molecule has 1 aromatic rings. The lowest BCUT2D eigenvalue weighted by atomic mass is 9.98. The first kappa shape index (κ1) is 15.7. The number of carbonyl (C=O) groups excluding carboxylic acids is 1. The molecule has 0 saturated carbocycles. The van der Waals surface area contributed by atoms with Crippen LogP contribution in [0.4, 0.5) is 0 Å². The summed E-state index contributed by atoms with van der Waals surface area (Å²) >= 11 is 0. The molecule has 0 spiro atoms. The number of hydrogen-bond donors (Lipinski definition) is 2. The largest absolute Gasteiger partial charge is 0.383 e. The number of carbonyl (C=O) groups is 1. The Kier molecular flexibility index (Phi) is 7.15. The minimum Gasteiger partial charge on any atom is -0.383 e. The smallest absolute Gasteiger partial charge is 0.225 e. The second-order valence-corrected chi connectivity index (χ2v) is 4.69. The lowest BCUT2D eigenvalue weighted by Gasteiger charge is -2.20. The van der Waals surface area contributed by atoms with Crippen LogP contribution in [0.15, 0.2) is 30.3 Å². The summed E-state index contributed by atoms with van der Waals surface area (Å²) in [6.45, 7) is 2.91. The molecule has 0 aliphatic heterocycles. The van der Waals surface area contributed by atoms with Crippen molar-refractivity contribution in [3.63, 3.8) is 0 Å². The maximum absolute atomic E-state index is 12.2. The van der Waals surface area contributed by atoms with Crippen LogP contribution in [0.2, 0.25) is 0 Å². The monoisotopic (exact) mass is 264 g/mol. The van der Waals surface area contributed by atoms with Gasteiger partial charge in [0.15, 0.2) is 0 Å². The van der Waals surface area contributed by atoms with E-state index in [0.29, 0.717) is 19.6 Å². The predicted molar refractivity (Wildman–Crippen MR) is 76.8 cm³/mol. The van der Waals surface area contributed by atoms with Crippen molar-refractivity contribution in [1.29, 1.82) is 0 Å². The van der Waals surface area contributed by atoms with Crippen LogP contribution in [-0.2, 0) is 16.0 Å². The molecule has 3 N–H and O–H groups in total. The highest BCUT2D eigenvalue weighted by atomic mass is 16.5. The van der Waals surface area contributed by atoms with Gasteiger partial charge in [0.05, 0.1) is 18.6 Å². The van der Waals surface area contributed by atoms with E-state index >= 15 is 0 Å². The number of rotatable bonds is 8. The van der Waals surface area contributed by atoms with Gasteiger partial charge in [0, 0.05) is 13.7 Å². The SMILES string of the molecule is CCC(COC)NC(=O)C(CN)Cc1ccccc1. The molecule has 0 aliphatic rings. The minimum atomic E-state index is -0.187. The zero-order chi connectivity index (χ0) is 14.1. The fraction of sp³-hybridized carbons (Fsp3) is 0.533. The Hall–Kier alpha value is -1.39. The van der Waals surface area contributed by atoms with Gasteiger partial charge in [-0.3, -0.25) is 4.79 Å². The molecule has 0 saturated heterocycles. The number of nitrogens with two attached hydrogens (primary N) is 1. The van der Waals surface area contributed by atoms with Gasteiger partial charge in [0.25, 0.3) is 0 Å². The Morgan fingerprint density at radius 2 is 2.05 bits per heavy atom. The Balaban J connectivity index is 2.56. The van der Waals surface area contributed by atoms with Crippen molar-refractivity contribution in [2.24, 2.45) is 11.7 Å².